The molecule has 0 aromatic rings. The molecular weight excluding hydrogens is 206 g/mol. The van der Waals surface area contributed by atoms with Crippen LogP contribution in [0.2, 0.25) is 5.21 Å². The van der Waals surface area contributed by atoms with Crippen molar-refractivity contribution in [2.24, 2.45) is 5.92 Å². The quantitative estimate of drug-likeness (QED) is 0.637. The van der Waals surface area contributed by atoms with E-state index in [1.54, 1.807) is 0 Å². The SMILES string of the molecule is CC(C)CC[As](Cl)Cl. The van der Waals surface area contributed by atoms with Gasteiger partial charge in [0.15, 0.2) is 0 Å². The van der Waals surface area contributed by atoms with Crippen LogP contribution in [0.4, 0.5) is 0 Å². The molecule has 0 heterocycles. The summed E-state index contributed by atoms with van der Waals surface area (Å²) in [5.74, 6) is 0.754. The van der Waals surface area contributed by atoms with Gasteiger partial charge >= 0.3 is 64.1 Å². The van der Waals surface area contributed by atoms with Gasteiger partial charge in [-0.25, -0.2) is 0 Å². The first-order valence-corrected chi connectivity index (χ1v) is 8.98. The van der Waals surface area contributed by atoms with Crippen LogP contribution in [-0.4, -0.2) is 12.8 Å². The normalized spacial score (nSPS) is 11.2. The first-order valence-electron chi connectivity index (χ1n) is 2.72. The molecule has 0 bridgehead atoms. The van der Waals surface area contributed by atoms with Crippen LogP contribution in [0.5, 0.6) is 0 Å². The van der Waals surface area contributed by atoms with E-state index in [4.69, 9.17) is 19.9 Å². The Balaban J connectivity index is 2.93. The van der Waals surface area contributed by atoms with Gasteiger partial charge in [0.25, 0.3) is 0 Å². The molecule has 0 aliphatic rings. The van der Waals surface area contributed by atoms with E-state index in [1.807, 2.05) is 0 Å². The van der Waals surface area contributed by atoms with Gasteiger partial charge in [-0.3, -0.25) is 0 Å². The van der Waals surface area contributed by atoms with Crippen LogP contribution in [0.15, 0.2) is 0 Å². The maximum absolute atomic E-state index is 5.63. The maximum atomic E-state index is 5.63. The molecule has 0 spiro atoms. The second-order valence-electron chi connectivity index (χ2n) is 2.21. The van der Waals surface area contributed by atoms with Crippen LogP contribution in [-0.2, 0) is 0 Å². The second-order valence-corrected chi connectivity index (χ2v) is 9.56. The monoisotopic (exact) mass is 216 g/mol. The molecule has 0 radical (unpaired) electrons. The molecule has 0 aromatic heterocycles. The molecule has 0 fully saturated rings. The molecule has 50 valence electrons. The molecule has 0 aliphatic carbocycles. The summed E-state index contributed by atoms with van der Waals surface area (Å²) < 4.78 is 0. The summed E-state index contributed by atoms with van der Waals surface area (Å²) in [7, 11) is 11.3. The molecular formula is C5H11AsCl2. The molecule has 0 saturated carbocycles. The average molecular weight is 217 g/mol. The number of hydrogen-bond acceptors (Lipinski definition) is 0. The third kappa shape index (κ3) is 7.14. The van der Waals surface area contributed by atoms with E-state index in [1.165, 1.54) is 6.42 Å². The summed E-state index contributed by atoms with van der Waals surface area (Å²) in [6, 6.07) is 0. The van der Waals surface area contributed by atoms with Gasteiger partial charge in [0.2, 0.25) is 0 Å². The topological polar surface area (TPSA) is 0 Å². The average Bonchev–Trinajstić information content (AvgIpc) is 1.61. The molecule has 0 N–H and O–H groups in total. The second kappa shape index (κ2) is 4.97. The van der Waals surface area contributed by atoms with E-state index in [9.17, 15) is 0 Å². The van der Waals surface area contributed by atoms with Crippen LogP contribution in [0.25, 0.3) is 0 Å². The van der Waals surface area contributed by atoms with Crippen LogP contribution < -0.4 is 0 Å². The van der Waals surface area contributed by atoms with Gasteiger partial charge in [0.05, 0.1) is 0 Å². The molecule has 0 rings (SSSR count). The van der Waals surface area contributed by atoms with E-state index >= 15 is 0 Å². The first kappa shape index (κ1) is 9.14. The third-order valence-electron chi connectivity index (χ3n) is 0.875. The fraction of sp³-hybridized carbons (Fsp3) is 1.00. The molecule has 3 heteroatoms. The van der Waals surface area contributed by atoms with Gasteiger partial charge in [-0.05, 0) is 0 Å². The number of rotatable bonds is 3. The van der Waals surface area contributed by atoms with Gasteiger partial charge < -0.3 is 0 Å². The Labute approximate surface area is 64.1 Å². The van der Waals surface area contributed by atoms with Crippen molar-refractivity contribution in [1.29, 1.82) is 0 Å². The summed E-state index contributed by atoms with van der Waals surface area (Å²) in [5.41, 5.74) is 0. The van der Waals surface area contributed by atoms with Gasteiger partial charge in [-0.1, -0.05) is 0 Å². The van der Waals surface area contributed by atoms with Crippen molar-refractivity contribution in [3.63, 3.8) is 0 Å². The van der Waals surface area contributed by atoms with Crippen molar-refractivity contribution in [3.05, 3.63) is 0 Å². The predicted octanol–water partition coefficient (Wildman–Crippen LogP) is 3.00. The van der Waals surface area contributed by atoms with Gasteiger partial charge in [0, 0.05) is 0 Å². The number of halogens is 2. The fourth-order valence-electron chi connectivity index (χ4n) is 0.356. The van der Waals surface area contributed by atoms with Crippen molar-refractivity contribution in [3.8, 4) is 0 Å². The molecule has 0 atom stereocenters. The standard InChI is InChI=1S/C5H11AsCl2/c1-5(2)3-4-6(7)8/h5H,3-4H2,1-2H3. The van der Waals surface area contributed by atoms with Crippen LogP contribution in [0, 0.1) is 5.92 Å². The Morgan fingerprint density at radius 1 is 1.38 bits per heavy atom. The van der Waals surface area contributed by atoms with Crippen molar-refractivity contribution < 1.29 is 0 Å². The Morgan fingerprint density at radius 3 is 2.00 bits per heavy atom. The zero-order chi connectivity index (χ0) is 6.57. The Bertz CT molecular complexity index is 46.4. The van der Waals surface area contributed by atoms with E-state index in [2.05, 4.69) is 13.8 Å². The molecule has 0 saturated heterocycles. The van der Waals surface area contributed by atoms with E-state index < -0.39 is 12.8 Å². The molecule has 0 aromatic carbocycles. The van der Waals surface area contributed by atoms with Crippen LogP contribution in [0.3, 0.4) is 0 Å². The summed E-state index contributed by atoms with van der Waals surface area (Å²) in [4.78, 5) is 0. The van der Waals surface area contributed by atoms with Gasteiger partial charge in [-0.15, -0.1) is 0 Å². The van der Waals surface area contributed by atoms with Crippen LogP contribution in [0.1, 0.15) is 20.3 Å². The molecule has 0 nitrogen and oxygen atoms in total. The zero-order valence-corrected chi connectivity index (χ0v) is 8.58. The van der Waals surface area contributed by atoms with Crippen molar-refractivity contribution >= 4 is 32.7 Å². The van der Waals surface area contributed by atoms with Crippen LogP contribution >= 0.6 is 19.9 Å². The Morgan fingerprint density at radius 2 is 1.88 bits per heavy atom. The summed E-state index contributed by atoms with van der Waals surface area (Å²) in [6.07, 6.45) is 1.19. The summed E-state index contributed by atoms with van der Waals surface area (Å²) in [5, 5.41) is 1.06. The molecule has 0 amide bonds. The van der Waals surface area contributed by atoms with E-state index in [-0.39, 0.29) is 0 Å². The first-order chi connectivity index (χ1) is 3.63. The predicted molar refractivity (Wildman–Crippen MR) is 41.7 cm³/mol. The minimum atomic E-state index is -1.34. The Kier molecular flexibility index (Phi) is 5.67. The van der Waals surface area contributed by atoms with E-state index in [0.717, 1.165) is 11.1 Å². The van der Waals surface area contributed by atoms with Crippen molar-refractivity contribution in [2.75, 3.05) is 0 Å². The molecule has 0 aliphatic heterocycles. The minimum absolute atomic E-state index is 0.754. The van der Waals surface area contributed by atoms with E-state index in [0.29, 0.717) is 0 Å². The summed E-state index contributed by atoms with van der Waals surface area (Å²) >= 11 is -1.34. The van der Waals surface area contributed by atoms with Gasteiger partial charge in [0.1, 0.15) is 0 Å². The zero-order valence-electron chi connectivity index (χ0n) is 5.19. The summed E-state index contributed by atoms with van der Waals surface area (Å²) in [6.45, 7) is 4.37. The molecule has 0 unspecified atom stereocenters. The van der Waals surface area contributed by atoms with Gasteiger partial charge in [-0.2, -0.15) is 0 Å². The van der Waals surface area contributed by atoms with Crippen molar-refractivity contribution in [2.45, 2.75) is 25.5 Å². The Hall–Kier alpha value is 1.14. The fourth-order valence-corrected chi connectivity index (χ4v) is 2.86. The third-order valence-corrected chi connectivity index (χ3v) is 3.88. The van der Waals surface area contributed by atoms with Crippen molar-refractivity contribution in [1.82, 2.24) is 0 Å². The number of hydrogen-bond donors (Lipinski definition) is 0. The molecule has 8 heavy (non-hydrogen) atoms.